The fourth-order valence-corrected chi connectivity index (χ4v) is 2.82. The van der Waals surface area contributed by atoms with E-state index >= 15 is 0 Å². The van der Waals surface area contributed by atoms with E-state index in [1.807, 2.05) is 21.9 Å². The summed E-state index contributed by atoms with van der Waals surface area (Å²) in [6, 6.07) is 6.24. The number of nitrogens with zero attached hydrogens (tertiary/aromatic N) is 7. The number of hydrogen-bond acceptors (Lipinski definition) is 8. The van der Waals surface area contributed by atoms with E-state index in [0.29, 0.717) is 52.4 Å². The molecule has 27 heavy (non-hydrogen) atoms. The van der Waals surface area contributed by atoms with Gasteiger partial charge in [-0.15, -0.1) is 0 Å². The molecule has 10 heteroatoms. The van der Waals surface area contributed by atoms with Crippen LogP contribution >= 0.6 is 0 Å². The van der Waals surface area contributed by atoms with Gasteiger partial charge in [0.1, 0.15) is 0 Å². The molecule has 0 aromatic rings. The molecule has 0 saturated carbocycles. The van der Waals surface area contributed by atoms with Crippen LogP contribution in [0.2, 0.25) is 0 Å². The first-order valence-corrected chi connectivity index (χ1v) is 9.16. The molecule has 0 spiro atoms. The second kappa shape index (κ2) is 13.7. The summed E-state index contributed by atoms with van der Waals surface area (Å²) in [5.74, 6) is 0. The molecule has 0 atom stereocenters. The van der Waals surface area contributed by atoms with Crippen molar-refractivity contribution in [2.75, 3.05) is 85.1 Å². The van der Waals surface area contributed by atoms with Gasteiger partial charge in [-0.2, -0.15) is 15.8 Å². The standard InChI is InChI=1S/C17H29N9O/c18-1-5-22-6-10-25-15-16-26(17(25)27)14-13-24(9-4-21)12-11-23(7-2-19)8-3-20/h22H,1,5-16,18H2. The average Bonchev–Trinajstić information content (AvgIpc) is 3.01. The molecule has 1 rings (SSSR count). The van der Waals surface area contributed by atoms with Crippen LogP contribution in [0.4, 0.5) is 4.79 Å². The third kappa shape index (κ3) is 8.67. The van der Waals surface area contributed by atoms with Gasteiger partial charge >= 0.3 is 6.03 Å². The Bertz CT molecular complexity index is 546. The van der Waals surface area contributed by atoms with E-state index < -0.39 is 0 Å². The average molecular weight is 375 g/mol. The van der Waals surface area contributed by atoms with Crippen LogP contribution in [0.3, 0.4) is 0 Å². The molecule has 1 aliphatic rings. The van der Waals surface area contributed by atoms with E-state index in [9.17, 15) is 4.79 Å². The van der Waals surface area contributed by atoms with Crippen molar-refractivity contribution in [3.05, 3.63) is 0 Å². The molecular weight excluding hydrogens is 346 g/mol. The number of nitriles is 3. The van der Waals surface area contributed by atoms with Crippen molar-refractivity contribution in [3.8, 4) is 18.2 Å². The second-order valence-electron chi connectivity index (χ2n) is 6.26. The number of rotatable bonds is 14. The number of urea groups is 1. The second-order valence-corrected chi connectivity index (χ2v) is 6.26. The van der Waals surface area contributed by atoms with Gasteiger partial charge < -0.3 is 20.9 Å². The first-order chi connectivity index (χ1) is 13.2. The van der Waals surface area contributed by atoms with Crippen LogP contribution < -0.4 is 11.1 Å². The first kappa shape index (κ1) is 22.6. The largest absolute Gasteiger partial charge is 0.329 e. The third-order valence-electron chi connectivity index (χ3n) is 4.36. The summed E-state index contributed by atoms with van der Waals surface area (Å²) >= 11 is 0. The maximum absolute atomic E-state index is 12.4. The van der Waals surface area contributed by atoms with Gasteiger partial charge in [0.25, 0.3) is 0 Å². The monoisotopic (exact) mass is 375 g/mol. The van der Waals surface area contributed by atoms with Crippen molar-refractivity contribution in [3.63, 3.8) is 0 Å². The fraction of sp³-hybridized carbons (Fsp3) is 0.765. The van der Waals surface area contributed by atoms with Crippen molar-refractivity contribution < 1.29 is 4.79 Å². The van der Waals surface area contributed by atoms with Gasteiger partial charge in [0.15, 0.2) is 0 Å². The van der Waals surface area contributed by atoms with Crippen LogP contribution in [0.1, 0.15) is 0 Å². The Kier molecular flexibility index (Phi) is 11.5. The summed E-state index contributed by atoms with van der Waals surface area (Å²) in [6.07, 6.45) is 0. The first-order valence-electron chi connectivity index (χ1n) is 9.16. The molecule has 0 unspecified atom stereocenters. The van der Waals surface area contributed by atoms with Gasteiger partial charge in [-0.05, 0) is 0 Å². The number of carbonyl (C=O) groups excluding carboxylic acids is 1. The maximum Gasteiger partial charge on any atom is 0.320 e. The van der Waals surface area contributed by atoms with Crippen LogP contribution in [0.5, 0.6) is 0 Å². The van der Waals surface area contributed by atoms with E-state index in [1.165, 1.54) is 0 Å². The van der Waals surface area contributed by atoms with Gasteiger partial charge in [0.2, 0.25) is 0 Å². The highest BCUT2D eigenvalue weighted by atomic mass is 16.2. The zero-order chi connectivity index (χ0) is 19.9. The molecule has 148 valence electrons. The van der Waals surface area contributed by atoms with E-state index in [0.717, 1.165) is 13.1 Å². The molecule has 0 radical (unpaired) electrons. The van der Waals surface area contributed by atoms with Gasteiger partial charge in [-0.25, -0.2) is 4.79 Å². The molecular formula is C17H29N9O. The molecule has 1 aliphatic heterocycles. The SMILES string of the molecule is N#CCN(CC#N)CCN(CC#N)CCN1CCN(CCNCCN)C1=O. The third-order valence-corrected chi connectivity index (χ3v) is 4.36. The summed E-state index contributed by atoms with van der Waals surface area (Å²) in [5.41, 5.74) is 5.43. The fourth-order valence-electron chi connectivity index (χ4n) is 2.82. The normalized spacial score (nSPS) is 13.9. The van der Waals surface area contributed by atoms with Crippen molar-refractivity contribution in [1.29, 1.82) is 15.8 Å². The number of nitrogens with one attached hydrogen (secondary N) is 1. The Morgan fingerprint density at radius 2 is 1.44 bits per heavy atom. The molecule has 1 saturated heterocycles. The molecule has 1 heterocycles. The van der Waals surface area contributed by atoms with E-state index in [2.05, 4.69) is 11.4 Å². The van der Waals surface area contributed by atoms with E-state index in [4.69, 9.17) is 21.5 Å². The van der Waals surface area contributed by atoms with Gasteiger partial charge in [-0.1, -0.05) is 0 Å². The number of amides is 2. The summed E-state index contributed by atoms with van der Waals surface area (Å²) in [6.45, 7) is 6.98. The summed E-state index contributed by atoms with van der Waals surface area (Å²) in [5, 5.41) is 29.8. The molecule has 0 aromatic carbocycles. The Labute approximate surface area is 161 Å². The zero-order valence-corrected chi connectivity index (χ0v) is 15.8. The Balaban J connectivity index is 2.39. The van der Waals surface area contributed by atoms with Crippen LogP contribution in [0.25, 0.3) is 0 Å². The minimum absolute atomic E-state index is 0.0250. The lowest BCUT2D eigenvalue weighted by Gasteiger charge is -2.25. The van der Waals surface area contributed by atoms with Gasteiger partial charge in [-0.3, -0.25) is 9.80 Å². The topological polar surface area (TPSA) is 139 Å². The lowest BCUT2D eigenvalue weighted by Crippen LogP contribution is -2.42. The van der Waals surface area contributed by atoms with Crippen LogP contribution in [-0.4, -0.2) is 111 Å². The summed E-state index contributed by atoms with van der Waals surface area (Å²) < 4.78 is 0. The predicted molar refractivity (Wildman–Crippen MR) is 100 cm³/mol. The highest BCUT2D eigenvalue weighted by Gasteiger charge is 2.27. The highest BCUT2D eigenvalue weighted by Crippen LogP contribution is 2.08. The molecule has 0 aliphatic carbocycles. The molecule has 0 aromatic heterocycles. The minimum Gasteiger partial charge on any atom is -0.329 e. The van der Waals surface area contributed by atoms with Crippen LogP contribution in [0, 0.1) is 34.0 Å². The molecule has 3 N–H and O–H groups in total. The molecule has 10 nitrogen and oxygen atoms in total. The smallest absolute Gasteiger partial charge is 0.320 e. The number of carbonyl (C=O) groups is 1. The molecule has 1 fully saturated rings. The van der Waals surface area contributed by atoms with Gasteiger partial charge in [0.05, 0.1) is 37.8 Å². The Hall–Kier alpha value is -2.42. The lowest BCUT2D eigenvalue weighted by atomic mass is 10.4. The minimum atomic E-state index is 0.0250. The van der Waals surface area contributed by atoms with Crippen molar-refractivity contribution >= 4 is 6.03 Å². The number of hydrogen-bond donors (Lipinski definition) is 2. The van der Waals surface area contributed by atoms with Crippen molar-refractivity contribution in [2.24, 2.45) is 5.73 Å². The number of nitrogens with two attached hydrogens (primary N) is 1. The molecule has 2 amide bonds. The summed E-state index contributed by atoms with van der Waals surface area (Å²) in [7, 11) is 0. The predicted octanol–water partition coefficient (Wildman–Crippen LogP) is -1.55. The summed E-state index contributed by atoms with van der Waals surface area (Å²) in [4.78, 5) is 19.7. The lowest BCUT2D eigenvalue weighted by molar-refractivity contribution is 0.181. The zero-order valence-electron chi connectivity index (χ0n) is 15.8. The highest BCUT2D eigenvalue weighted by molar-refractivity contribution is 5.76. The van der Waals surface area contributed by atoms with Crippen molar-refractivity contribution in [1.82, 2.24) is 24.9 Å². The van der Waals surface area contributed by atoms with E-state index in [1.54, 1.807) is 9.80 Å². The Morgan fingerprint density at radius 1 is 0.889 bits per heavy atom. The van der Waals surface area contributed by atoms with Gasteiger partial charge in [0, 0.05) is 65.4 Å². The quantitative estimate of drug-likeness (QED) is 0.275. The maximum atomic E-state index is 12.4. The van der Waals surface area contributed by atoms with Crippen LogP contribution in [-0.2, 0) is 0 Å². The molecule has 0 bridgehead atoms. The van der Waals surface area contributed by atoms with E-state index in [-0.39, 0.29) is 25.7 Å². The van der Waals surface area contributed by atoms with Crippen LogP contribution in [0.15, 0.2) is 0 Å². The Morgan fingerprint density at radius 3 is 2.04 bits per heavy atom. The van der Waals surface area contributed by atoms with Crippen molar-refractivity contribution in [2.45, 2.75) is 0 Å².